The molecule has 3 aromatic rings. The molecule has 8 nitrogen and oxygen atoms in total. The third kappa shape index (κ3) is 4.68. The van der Waals surface area contributed by atoms with E-state index in [1.807, 2.05) is 41.8 Å². The van der Waals surface area contributed by atoms with Gasteiger partial charge in [0.25, 0.3) is 0 Å². The van der Waals surface area contributed by atoms with Gasteiger partial charge in [-0.05, 0) is 62.6 Å². The van der Waals surface area contributed by atoms with Crippen LogP contribution in [0.15, 0.2) is 61.2 Å². The van der Waals surface area contributed by atoms with Crippen molar-refractivity contribution in [2.45, 2.75) is 74.7 Å². The Bertz CT molecular complexity index is 1360. The zero-order valence-electron chi connectivity index (χ0n) is 20.8. The van der Waals surface area contributed by atoms with Crippen LogP contribution in [0.1, 0.15) is 73.4 Å². The molecular weight excluding hydrogens is 493 g/mol. The van der Waals surface area contributed by atoms with Crippen molar-refractivity contribution in [3.05, 3.63) is 83.7 Å². The molecule has 2 atom stereocenters. The molecule has 2 fully saturated rings. The maximum atomic E-state index is 15.5. The standard InChI is InChI=1S/C27H32FN5O3S/c1-19-7-10-25(20-5-3-2-4-6-20)37(35,36)33(19)16-21-8-9-22(15-24(21)28)27(26(29)34)13-11-23(12-14-27)32-17-30-31-18-32/h2-6,8-9,15,17-19,23,25H,7,10-14,16H2,1H3,(H2,29,34). The molecule has 37 heavy (non-hydrogen) atoms. The summed E-state index contributed by atoms with van der Waals surface area (Å²) in [5, 5.41) is 7.07. The molecule has 0 radical (unpaired) electrons. The summed E-state index contributed by atoms with van der Waals surface area (Å²) in [7, 11) is -3.69. The van der Waals surface area contributed by atoms with Gasteiger partial charge in [-0.2, -0.15) is 4.31 Å². The van der Waals surface area contributed by atoms with Crippen LogP contribution in [0.3, 0.4) is 0 Å². The van der Waals surface area contributed by atoms with Crippen LogP contribution in [0.2, 0.25) is 0 Å². The summed E-state index contributed by atoms with van der Waals surface area (Å²) in [5.74, 6) is -0.997. The second-order valence-corrected chi connectivity index (χ2v) is 12.4. The lowest BCUT2D eigenvalue weighted by Gasteiger charge is -2.39. The number of hydrogen-bond acceptors (Lipinski definition) is 5. The van der Waals surface area contributed by atoms with Gasteiger partial charge in [-0.25, -0.2) is 12.8 Å². The summed E-state index contributed by atoms with van der Waals surface area (Å²) >= 11 is 0. The van der Waals surface area contributed by atoms with E-state index in [1.165, 1.54) is 10.4 Å². The lowest BCUT2D eigenvalue weighted by atomic mass is 9.67. The fraction of sp³-hybridized carbons (Fsp3) is 0.444. The molecule has 2 N–H and O–H groups in total. The minimum absolute atomic E-state index is 0.0573. The molecule has 2 heterocycles. The van der Waals surface area contributed by atoms with E-state index in [0.29, 0.717) is 44.1 Å². The third-order valence-electron chi connectivity index (χ3n) is 8.27. The van der Waals surface area contributed by atoms with Gasteiger partial charge in [0.05, 0.1) is 5.41 Å². The molecule has 0 bridgehead atoms. The van der Waals surface area contributed by atoms with E-state index in [0.717, 1.165) is 5.56 Å². The van der Waals surface area contributed by atoms with Gasteiger partial charge in [0.1, 0.15) is 23.7 Å². The zero-order chi connectivity index (χ0) is 26.2. The van der Waals surface area contributed by atoms with Crippen molar-refractivity contribution in [1.82, 2.24) is 19.1 Å². The Morgan fingerprint density at radius 3 is 2.35 bits per heavy atom. The van der Waals surface area contributed by atoms with Crippen LogP contribution in [0.25, 0.3) is 0 Å². The van der Waals surface area contributed by atoms with Gasteiger partial charge in [-0.15, -0.1) is 10.2 Å². The van der Waals surface area contributed by atoms with Crippen molar-refractivity contribution in [2.75, 3.05) is 0 Å². The average Bonchev–Trinajstić information content (AvgIpc) is 3.43. The average molecular weight is 526 g/mol. The van der Waals surface area contributed by atoms with Crippen LogP contribution in [0.4, 0.5) is 4.39 Å². The van der Waals surface area contributed by atoms with Crippen molar-refractivity contribution in [3.63, 3.8) is 0 Å². The van der Waals surface area contributed by atoms with Crippen LogP contribution >= 0.6 is 0 Å². The molecule has 2 aliphatic rings. The van der Waals surface area contributed by atoms with Gasteiger partial charge in [0.2, 0.25) is 15.9 Å². The molecule has 1 saturated carbocycles. The van der Waals surface area contributed by atoms with Crippen LogP contribution < -0.4 is 5.73 Å². The van der Waals surface area contributed by atoms with Crippen LogP contribution in [0, 0.1) is 5.82 Å². The molecular formula is C27H32FN5O3S. The molecule has 1 aliphatic heterocycles. The number of nitrogens with two attached hydrogens (primary N) is 1. The predicted molar refractivity (Wildman–Crippen MR) is 137 cm³/mol. The first-order valence-corrected chi connectivity index (χ1v) is 14.2. The summed E-state index contributed by atoms with van der Waals surface area (Å²) in [6, 6.07) is 13.8. The normalized spacial score (nSPS) is 28.1. The molecule has 2 aromatic carbocycles. The van der Waals surface area contributed by atoms with E-state index in [4.69, 9.17) is 5.73 Å². The van der Waals surface area contributed by atoms with Gasteiger partial charge < -0.3 is 10.3 Å². The zero-order valence-corrected chi connectivity index (χ0v) is 21.6. The predicted octanol–water partition coefficient (Wildman–Crippen LogP) is 4.01. The van der Waals surface area contributed by atoms with Gasteiger partial charge in [-0.3, -0.25) is 4.79 Å². The highest BCUT2D eigenvalue weighted by Gasteiger charge is 2.43. The minimum Gasteiger partial charge on any atom is -0.369 e. The number of primary amides is 1. The Balaban J connectivity index is 1.38. The summed E-state index contributed by atoms with van der Waals surface area (Å²) in [4.78, 5) is 12.7. The summed E-state index contributed by atoms with van der Waals surface area (Å²) in [6.45, 7) is 1.81. The second kappa shape index (κ2) is 9.98. The van der Waals surface area contributed by atoms with Gasteiger partial charge in [0.15, 0.2) is 0 Å². The summed E-state index contributed by atoms with van der Waals surface area (Å²) < 4.78 is 46.0. The Morgan fingerprint density at radius 1 is 1.05 bits per heavy atom. The first kappa shape index (κ1) is 25.5. The molecule has 10 heteroatoms. The van der Waals surface area contributed by atoms with E-state index in [2.05, 4.69) is 10.2 Å². The number of benzene rings is 2. The fourth-order valence-electron chi connectivity index (χ4n) is 5.96. The number of nitrogens with zero attached hydrogens (tertiary/aromatic N) is 4. The van der Waals surface area contributed by atoms with E-state index in [-0.39, 0.29) is 24.2 Å². The Labute approximate surface area is 216 Å². The van der Waals surface area contributed by atoms with Crippen molar-refractivity contribution in [2.24, 2.45) is 5.73 Å². The fourth-order valence-corrected chi connectivity index (χ4v) is 8.15. The second-order valence-electron chi connectivity index (χ2n) is 10.3. The van der Waals surface area contributed by atoms with E-state index < -0.39 is 32.4 Å². The highest BCUT2D eigenvalue weighted by molar-refractivity contribution is 7.89. The maximum Gasteiger partial charge on any atom is 0.228 e. The largest absolute Gasteiger partial charge is 0.369 e. The number of hydrogen-bond donors (Lipinski definition) is 1. The Morgan fingerprint density at radius 2 is 1.73 bits per heavy atom. The summed E-state index contributed by atoms with van der Waals surface area (Å²) in [5.41, 5.74) is 6.49. The molecule has 1 saturated heterocycles. The van der Waals surface area contributed by atoms with Crippen molar-refractivity contribution in [1.29, 1.82) is 0 Å². The monoisotopic (exact) mass is 525 g/mol. The van der Waals surface area contributed by atoms with Crippen LogP contribution in [-0.4, -0.2) is 39.4 Å². The summed E-state index contributed by atoms with van der Waals surface area (Å²) in [6.07, 6.45) is 6.90. The van der Waals surface area contributed by atoms with Gasteiger partial charge in [0, 0.05) is 24.2 Å². The maximum absolute atomic E-state index is 15.5. The molecule has 1 aliphatic carbocycles. The molecule has 2 unspecified atom stereocenters. The number of aromatic nitrogens is 3. The first-order chi connectivity index (χ1) is 17.7. The lowest BCUT2D eigenvalue weighted by Crippen LogP contribution is -2.45. The number of carbonyl (C=O) groups is 1. The number of sulfonamides is 1. The van der Waals surface area contributed by atoms with Gasteiger partial charge >= 0.3 is 0 Å². The highest BCUT2D eigenvalue weighted by Crippen LogP contribution is 2.44. The highest BCUT2D eigenvalue weighted by atomic mass is 32.2. The first-order valence-electron chi connectivity index (χ1n) is 12.7. The van der Waals surface area contributed by atoms with Crippen LogP contribution in [-0.2, 0) is 26.8 Å². The Hall–Kier alpha value is -3.11. The smallest absolute Gasteiger partial charge is 0.228 e. The molecule has 0 spiro atoms. The van der Waals surface area contributed by atoms with Crippen LogP contribution in [0.5, 0.6) is 0 Å². The SMILES string of the molecule is CC1CCC(c2ccccc2)S(=O)(=O)N1Cc1ccc(C2(C(N)=O)CCC(n3cnnc3)CC2)cc1F. The number of rotatable bonds is 6. The van der Waals surface area contributed by atoms with Crippen molar-refractivity contribution in [3.8, 4) is 0 Å². The van der Waals surface area contributed by atoms with E-state index in [1.54, 1.807) is 24.8 Å². The molecule has 5 rings (SSSR count). The van der Waals surface area contributed by atoms with Gasteiger partial charge in [-0.1, -0.05) is 42.5 Å². The number of halogens is 1. The molecule has 1 amide bonds. The topological polar surface area (TPSA) is 111 Å². The quantitative estimate of drug-likeness (QED) is 0.523. The van der Waals surface area contributed by atoms with E-state index >= 15 is 4.39 Å². The molecule has 196 valence electrons. The van der Waals surface area contributed by atoms with E-state index in [9.17, 15) is 13.2 Å². The Kier molecular flexibility index (Phi) is 6.89. The number of carbonyl (C=O) groups excluding carboxylic acids is 1. The molecule has 1 aromatic heterocycles. The number of amides is 1. The van der Waals surface area contributed by atoms with Crippen molar-refractivity contribution >= 4 is 15.9 Å². The lowest BCUT2D eigenvalue weighted by molar-refractivity contribution is -0.125. The van der Waals surface area contributed by atoms with Crippen molar-refractivity contribution < 1.29 is 17.6 Å². The minimum atomic E-state index is -3.69. The third-order valence-corrected chi connectivity index (χ3v) is 10.6.